The quantitative estimate of drug-likeness (QED) is 0.104. The first-order valence-corrected chi connectivity index (χ1v) is 15.7. The van der Waals surface area contributed by atoms with Gasteiger partial charge in [0.1, 0.15) is 5.78 Å². The molecule has 5 atom stereocenters. The zero-order chi connectivity index (χ0) is 27.7. The summed E-state index contributed by atoms with van der Waals surface area (Å²) in [5, 5.41) is 12.2. The third-order valence-corrected chi connectivity index (χ3v) is 12.6. The third-order valence-electron chi connectivity index (χ3n) is 10.9. The van der Waals surface area contributed by atoms with Gasteiger partial charge in [-0.05, 0) is 72.0 Å². The van der Waals surface area contributed by atoms with E-state index in [9.17, 15) is 22.6 Å². The van der Waals surface area contributed by atoms with Crippen LogP contribution in [0.5, 0.6) is 0 Å². The summed E-state index contributed by atoms with van der Waals surface area (Å²) in [5.74, 6) is -0.0965. The summed E-state index contributed by atoms with van der Waals surface area (Å²) in [5.41, 5.74) is 0.389. The topological polar surface area (TPSA) is 127 Å². The number of fused-ring (bicyclic) bond motifs is 4. The second kappa shape index (κ2) is 9.24. The lowest BCUT2D eigenvalue weighted by Gasteiger charge is -2.35. The van der Waals surface area contributed by atoms with E-state index in [1.807, 2.05) is 44.2 Å². The molecule has 0 radical (unpaired) electrons. The Balaban J connectivity index is 1.34. The minimum absolute atomic E-state index is 0.0453. The fraction of sp³-hybridized carbons (Fsp3) is 0.643. The second-order valence-corrected chi connectivity index (χ2v) is 14.9. The summed E-state index contributed by atoms with van der Waals surface area (Å²) < 4.78 is 37.8. The van der Waals surface area contributed by atoms with Crippen molar-refractivity contribution in [1.29, 1.82) is 0 Å². The Morgan fingerprint density at radius 2 is 1.68 bits per heavy atom. The van der Waals surface area contributed by atoms with Crippen LogP contribution in [0.1, 0.15) is 64.5 Å². The molecule has 10 heteroatoms. The molecule has 8 nitrogen and oxygen atoms in total. The molecule has 0 saturated heterocycles. The van der Waals surface area contributed by atoms with Gasteiger partial charge in [-0.15, -0.1) is 4.33 Å². The summed E-state index contributed by atoms with van der Waals surface area (Å²) in [6, 6.07) is 7.90. The van der Waals surface area contributed by atoms with E-state index < -0.39 is 32.1 Å². The smallest absolute Gasteiger partial charge is 0.265 e. The largest absolute Gasteiger partial charge is 0.299 e. The molecule has 1 aromatic carbocycles. The van der Waals surface area contributed by atoms with Gasteiger partial charge in [-0.25, -0.2) is 5.26 Å². The predicted molar refractivity (Wildman–Crippen MR) is 143 cm³/mol. The van der Waals surface area contributed by atoms with Gasteiger partial charge >= 0.3 is 0 Å². The van der Waals surface area contributed by atoms with Crippen molar-refractivity contribution < 1.29 is 37.2 Å². The first kappa shape index (κ1) is 28.0. The molecule has 4 fully saturated rings. The highest BCUT2D eigenvalue weighted by molar-refractivity contribution is 7.94. The standard InChI is InChI=1S/C28H36O8S2/c1-25(2)21-9-11-27(25,15-37-36-35-31)23(29)19(21)13-17-5-7-18(8-6-17)14-20-22-10-12-28(24(20)30,26(22,3)4)16-38(32,33)34/h5-8,13,20-22,31H,9-12,14-16H2,1-4H3,(H,32,33,34). The average molecular weight is 565 g/mol. The highest BCUT2D eigenvalue weighted by Gasteiger charge is 2.69. The van der Waals surface area contributed by atoms with E-state index in [0.29, 0.717) is 18.6 Å². The van der Waals surface area contributed by atoms with E-state index in [-0.39, 0.29) is 34.7 Å². The lowest BCUT2D eigenvalue weighted by molar-refractivity contribution is -0.432. The normalized spacial score (nSPS) is 36.1. The van der Waals surface area contributed by atoms with Crippen LogP contribution in [-0.4, -0.2) is 41.3 Å². The number of carbonyl (C=O) groups is 2. The summed E-state index contributed by atoms with van der Waals surface area (Å²) in [6.07, 6.45) is 5.46. The van der Waals surface area contributed by atoms with E-state index in [1.54, 1.807) is 0 Å². The maximum atomic E-state index is 13.6. The van der Waals surface area contributed by atoms with Crippen LogP contribution in [0.4, 0.5) is 0 Å². The lowest BCUT2D eigenvalue weighted by atomic mass is 9.70. The van der Waals surface area contributed by atoms with Gasteiger partial charge in [0.15, 0.2) is 5.78 Å². The number of allylic oxidation sites excluding steroid dienone is 1. The van der Waals surface area contributed by atoms with Crippen molar-refractivity contribution in [3.05, 3.63) is 41.0 Å². The Kier molecular flexibility index (Phi) is 6.81. The monoisotopic (exact) mass is 564 g/mol. The molecule has 2 N–H and O–H groups in total. The van der Waals surface area contributed by atoms with Crippen LogP contribution in [0.15, 0.2) is 29.8 Å². The number of rotatable bonds is 9. The Morgan fingerprint density at radius 1 is 1.03 bits per heavy atom. The van der Waals surface area contributed by atoms with Crippen molar-refractivity contribution in [3.8, 4) is 0 Å². The maximum Gasteiger partial charge on any atom is 0.265 e. The van der Waals surface area contributed by atoms with Crippen molar-refractivity contribution in [3.63, 3.8) is 0 Å². The first-order chi connectivity index (χ1) is 17.7. The molecular weight excluding hydrogens is 528 g/mol. The minimum Gasteiger partial charge on any atom is -0.299 e. The average Bonchev–Trinajstić information content (AvgIpc) is 3.34. The van der Waals surface area contributed by atoms with Gasteiger partial charge in [-0.3, -0.25) is 14.1 Å². The van der Waals surface area contributed by atoms with Crippen molar-refractivity contribution in [2.24, 2.45) is 39.4 Å². The molecule has 1 aromatic rings. The van der Waals surface area contributed by atoms with Gasteiger partial charge < -0.3 is 0 Å². The lowest BCUT2D eigenvalue weighted by Crippen LogP contribution is -2.43. The highest BCUT2D eigenvalue weighted by atomic mass is 32.2. The summed E-state index contributed by atoms with van der Waals surface area (Å²) >= 11 is 0.944. The fourth-order valence-electron chi connectivity index (χ4n) is 8.61. The molecular formula is C28H36O8S2. The number of hydrogen-bond donors (Lipinski definition) is 2. The summed E-state index contributed by atoms with van der Waals surface area (Å²) in [7, 11) is -4.28. The van der Waals surface area contributed by atoms with E-state index >= 15 is 0 Å². The van der Waals surface area contributed by atoms with Crippen LogP contribution in [0, 0.1) is 39.4 Å². The number of ketones is 2. The van der Waals surface area contributed by atoms with Gasteiger partial charge in [-0.2, -0.15) is 8.42 Å². The van der Waals surface area contributed by atoms with E-state index in [1.165, 1.54) is 0 Å². The molecule has 4 saturated carbocycles. The molecule has 5 unspecified atom stereocenters. The fourth-order valence-corrected chi connectivity index (χ4v) is 10.8. The van der Waals surface area contributed by atoms with Crippen molar-refractivity contribution >= 4 is 39.8 Å². The number of carbonyl (C=O) groups excluding carboxylic acids is 2. The predicted octanol–water partition coefficient (Wildman–Crippen LogP) is 5.20. The van der Waals surface area contributed by atoms with Gasteiger partial charge in [0.05, 0.1) is 16.6 Å². The van der Waals surface area contributed by atoms with Crippen molar-refractivity contribution in [1.82, 2.24) is 0 Å². The summed E-state index contributed by atoms with van der Waals surface area (Å²) in [4.78, 5) is 27.1. The zero-order valence-electron chi connectivity index (χ0n) is 22.2. The first-order valence-electron chi connectivity index (χ1n) is 13.1. The van der Waals surface area contributed by atoms with Crippen LogP contribution in [0.3, 0.4) is 0 Å². The van der Waals surface area contributed by atoms with E-state index in [2.05, 4.69) is 23.2 Å². The van der Waals surface area contributed by atoms with Gasteiger partial charge in [0.2, 0.25) is 0 Å². The molecule has 4 aliphatic rings. The van der Waals surface area contributed by atoms with Gasteiger partial charge in [0.25, 0.3) is 10.1 Å². The van der Waals surface area contributed by atoms with Crippen LogP contribution < -0.4 is 0 Å². The van der Waals surface area contributed by atoms with E-state index in [0.717, 1.165) is 48.0 Å². The Bertz CT molecular complexity index is 1280. The molecule has 4 aliphatic carbocycles. The number of Topliss-reactive ketones (excluding diaryl/α,β-unsaturated/α-hetero) is 2. The minimum atomic E-state index is -4.28. The molecule has 0 aromatic heterocycles. The zero-order valence-corrected chi connectivity index (χ0v) is 23.9. The molecule has 0 spiro atoms. The van der Waals surface area contributed by atoms with Gasteiger partial charge in [0, 0.05) is 29.3 Å². The molecule has 0 aliphatic heterocycles. The number of benzene rings is 1. The molecule has 0 heterocycles. The van der Waals surface area contributed by atoms with Crippen LogP contribution in [0.2, 0.25) is 0 Å². The molecule has 38 heavy (non-hydrogen) atoms. The van der Waals surface area contributed by atoms with Crippen molar-refractivity contribution in [2.45, 2.75) is 59.8 Å². The molecule has 5 rings (SSSR count). The summed E-state index contributed by atoms with van der Waals surface area (Å²) in [6.45, 7) is 8.17. The Morgan fingerprint density at radius 3 is 2.32 bits per heavy atom. The SMILES string of the molecule is CC1(C)C2CCC1(CSOOO)C(=O)C2=Cc1ccc(CC2C(=O)C3(CS(=O)(=O)O)CCC2C3(C)C)cc1. The van der Waals surface area contributed by atoms with Crippen molar-refractivity contribution in [2.75, 3.05) is 11.5 Å². The van der Waals surface area contributed by atoms with Crippen LogP contribution >= 0.6 is 12.0 Å². The second-order valence-electron chi connectivity index (χ2n) is 12.8. The highest BCUT2D eigenvalue weighted by Crippen LogP contribution is 2.68. The number of hydrogen-bond acceptors (Lipinski definition) is 8. The molecule has 208 valence electrons. The van der Waals surface area contributed by atoms with E-state index in [4.69, 9.17) is 5.26 Å². The molecule has 4 bridgehead atoms. The van der Waals surface area contributed by atoms with Crippen LogP contribution in [-0.2, 0) is 35.5 Å². The van der Waals surface area contributed by atoms with Gasteiger partial charge in [-0.1, -0.05) is 57.0 Å². The maximum absolute atomic E-state index is 13.6. The molecule has 0 amide bonds. The Labute approximate surface area is 228 Å². The van der Waals surface area contributed by atoms with Crippen LogP contribution in [0.25, 0.3) is 6.08 Å². The Hall–Kier alpha value is -1.56. The third kappa shape index (κ3) is 3.97.